The van der Waals surface area contributed by atoms with Gasteiger partial charge in [-0.1, -0.05) is 18.6 Å². The summed E-state index contributed by atoms with van der Waals surface area (Å²) in [6.07, 6.45) is 2.89. The Bertz CT molecular complexity index is 470. The van der Waals surface area contributed by atoms with Crippen molar-refractivity contribution in [2.75, 3.05) is 6.61 Å². The molecular weight excluding hydrogens is 244 g/mol. The van der Waals surface area contributed by atoms with Gasteiger partial charge >= 0.3 is 0 Å². The van der Waals surface area contributed by atoms with E-state index in [0.29, 0.717) is 5.75 Å². The molecule has 0 saturated heterocycles. The van der Waals surface area contributed by atoms with E-state index in [2.05, 4.69) is 10.9 Å². The molecule has 1 fully saturated rings. The second-order valence-corrected chi connectivity index (χ2v) is 4.77. The molecule has 1 aromatic rings. The van der Waals surface area contributed by atoms with Gasteiger partial charge in [0.05, 0.1) is 0 Å². The molecule has 1 aliphatic rings. The number of carbonyl (C=O) groups is 2. The minimum Gasteiger partial charge on any atom is -0.484 e. The maximum Gasteiger partial charge on any atom is 0.276 e. The van der Waals surface area contributed by atoms with Crippen molar-refractivity contribution in [3.63, 3.8) is 0 Å². The lowest BCUT2D eigenvalue weighted by molar-refractivity contribution is -0.133. The summed E-state index contributed by atoms with van der Waals surface area (Å²) in [5, 5.41) is 0. The Morgan fingerprint density at radius 1 is 1.32 bits per heavy atom. The van der Waals surface area contributed by atoms with Gasteiger partial charge in [-0.3, -0.25) is 20.4 Å². The van der Waals surface area contributed by atoms with Gasteiger partial charge in [0.25, 0.3) is 5.91 Å². The third-order valence-electron chi connectivity index (χ3n) is 3.16. The number of hydrazine groups is 1. The molecule has 0 aliphatic heterocycles. The minimum atomic E-state index is -0.367. The van der Waals surface area contributed by atoms with Crippen LogP contribution >= 0.6 is 0 Å². The second kappa shape index (κ2) is 6.22. The van der Waals surface area contributed by atoms with Gasteiger partial charge in [0.2, 0.25) is 5.91 Å². The van der Waals surface area contributed by atoms with Crippen molar-refractivity contribution in [1.82, 2.24) is 10.9 Å². The maximum absolute atomic E-state index is 11.5. The summed E-state index contributed by atoms with van der Waals surface area (Å²) in [5.74, 6) is 0.211. The van der Waals surface area contributed by atoms with Gasteiger partial charge in [-0.15, -0.1) is 0 Å². The van der Waals surface area contributed by atoms with Gasteiger partial charge < -0.3 is 4.74 Å². The molecule has 2 N–H and O–H groups in total. The van der Waals surface area contributed by atoms with Crippen molar-refractivity contribution in [2.45, 2.75) is 26.2 Å². The molecule has 2 rings (SSSR count). The molecule has 5 nitrogen and oxygen atoms in total. The molecule has 0 unspecified atom stereocenters. The lowest BCUT2D eigenvalue weighted by atomic mass is 9.85. The highest BCUT2D eigenvalue weighted by atomic mass is 16.5. The van der Waals surface area contributed by atoms with Crippen molar-refractivity contribution >= 4 is 11.8 Å². The van der Waals surface area contributed by atoms with E-state index in [1.807, 2.05) is 25.1 Å². The molecule has 0 bridgehead atoms. The third kappa shape index (κ3) is 3.98. The Morgan fingerprint density at radius 3 is 2.74 bits per heavy atom. The standard InChI is InChI=1S/C14H18N2O3/c1-10-4-2-7-12(8-10)19-9-13(17)15-16-14(18)11-5-3-6-11/h2,4,7-8,11H,3,5-6,9H2,1H3,(H,15,17)(H,16,18). The van der Waals surface area contributed by atoms with E-state index < -0.39 is 0 Å². The Kier molecular flexibility index (Phi) is 4.39. The van der Waals surface area contributed by atoms with Crippen LogP contribution < -0.4 is 15.6 Å². The lowest BCUT2D eigenvalue weighted by Crippen LogP contribution is -2.47. The van der Waals surface area contributed by atoms with Crippen LogP contribution in [0, 0.1) is 12.8 Å². The Labute approximate surface area is 112 Å². The number of rotatable bonds is 4. The molecule has 1 aliphatic carbocycles. The van der Waals surface area contributed by atoms with Crippen LogP contribution in [0.15, 0.2) is 24.3 Å². The van der Waals surface area contributed by atoms with Gasteiger partial charge in [0, 0.05) is 5.92 Å². The van der Waals surface area contributed by atoms with Crippen molar-refractivity contribution in [1.29, 1.82) is 0 Å². The number of hydrogen-bond donors (Lipinski definition) is 2. The summed E-state index contributed by atoms with van der Waals surface area (Å²) < 4.78 is 5.32. The molecule has 1 aromatic carbocycles. The van der Waals surface area contributed by atoms with E-state index in [1.165, 1.54) is 0 Å². The fourth-order valence-electron chi connectivity index (χ4n) is 1.79. The highest BCUT2D eigenvalue weighted by molar-refractivity contribution is 5.84. The molecule has 19 heavy (non-hydrogen) atoms. The average molecular weight is 262 g/mol. The van der Waals surface area contributed by atoms with Crippen molar-refractivity contribution in [2.24, 2.45) is 5.92 Å². The molecule has 2 amide bonds. The monoisotopic (exact) mass is 262 g/mol. The van der Waals surface area contributed by atoms with Crippen LogP contribution in [0.1, 0.15) is 24.8 Å². The first-order valence-corrected chi connectivity index (χ1v) is 6.43. The number of carbonyl (C=O) groups excluding carboxylic acids is 2. The number of nitrogens with one attached hydrogen (secondary N) is 2. The van der Waals surface area contributed by atoms with Crippen LogP contribution in [-0.4, -0.2) is 18.4 Å². The Balaban J connectivity index is 1.68. The molecule has 0 spiro atoms. The number of benzene rings is 1. The van der Waals surface area contributed by atoms with Crippen LogP contribution in [0.3, 0.4) is 0 Å². The SMILES string of the molecule is Cc1cccc(OCC(=O)NNC(=O)C2CCC2)c1. The lowest BCUT2D eigenvalue weighted by Gasteiger charge is -2.23. The first kappa shape index (κ1) is 13.4. The Morgan fingerprint density at radius 2 is 2.11 bits per heavy atom. The predicted octanol–water partition coefficient (Wildman–Crippen LogP) is 1.32. The van der Waals surface area contributed by atoms with Gasteiger partial charge in [-0.25, -0.2) is 0 Å². The number of hydrogen-bond acceptors (Lipinski definition) is 3. The summed E-state index contributed by atoms with van der Waals surface area (Å²) in [6, 6.07) is 7.44. The topological polar surface area (TPSA) is 67.4 Å². The number of aryl methyl sites for hydroxylation is 1. The number of amides is 2. The fourth-order valence-corrected chi connectivity index (χ4v) is 1.79. The van der Waals surface area contributed by atoms with Crippen LogP contribution in [0.4, 0.5) is 0 Å². The summed E-state index contributed by atoms with van der Waals surface area (Å²) in [5.41, 5.74) is 5.83. The summed E-state index contributed by atoms with van der Waals surface area (Å²) in [4.78, 5) is 23.0. The zero-order valence-electron chi connectivity index (χ0n) is 10.9. The smallest absolute Gasteiger partial charge is 0.276 e. The minimum absolute atomic E-state index is 0.0537. The average Bonchev–Trinajstić information content (AvgIpc) is 2.32. The van der Waals surface area contributed by atoms with E-state index in [-0.39, 0.29) is 24.3 Å². The van der Waals surface area contributed by atoms with Crippen LogP contribution in [0.25, 0.3) is 0 Å². The van der Waals surface area contributed by atoms with Crippen LogP contribution in [0.2, 0.25) is 0 Å². The quantitative estimate of drug-likeness (QED) is 0.804. The zero-order valence-corrected chi connectivity index (χ0v) is 10.9. The molecule has 0 aromatic heterocycles. The zero-order chi connectivity index (χ0) is 13.7. The second-order valence-electron chi connectivity index (χ2n) is 4.77. The highest BCUT2D eigenvalue weighted by Gasteiger charge is 2.25. The Hall–Kier alpha value is -2.04. The van der Waals surface area contributed by atoms with Crippen molar-refractivity contribution in [3.8, 4) is 5.75 Å². The number of ether oxygens (including phenoxy) is 1. The van der Waals surface area contributed by atoms with E-state index in [0.717, 1.165) is 24.8 Å². The van der Waals surface area contributed by atoms with Crippen LogP contribution in [0.5, 0.6) is 5.75 Å². The molecule has 102 valence electrons. The molecule has 1 saturated carbocycles. The molecule has 5 heteroatoms. The van der Waals surface area contributed by atoms with Gasteiger partial charge in [0.15, 0.2) is 6.61 Å². The predicted molar refractivity (Wildman–Crippen MR) is 70.3 cm³/mol. The maximum atomic E-state index is 11.5. The fraction of sp³-hybridized carbons (Fsp3) is 0.429. The van der Waals surface area contributed by atoms with Gasteiger partial charge in [-0.05, 0) is 37.5 Å². The van der Waals surface area contributed by atoms with Crippen molar-refractivity contribution in [3.05, 3.63) is 29.8 Å². The molecule has 0 heterocycles. The van der Waals surface area contributed by atoms with Gasteiger partial charge in [0.1, 0.15) is 5.75 Å². The largest absolute Gasteiger partial charge is 0.484 e. The molecular formula is C14H18N2O3. The summed E-state index contributed by atoms with van der Waals surface area (Å²) in [7, 11) is 0. The summed E-state index contributed by atoms with van der Waals surface area (Å²) >= 11 is 0. The normalized spacial score (nSPS) is 14.4. The highest BCUT2D eigenvalue weighted by Crippen LogP contribution is 2.25. The first-order chi connectivity index (χ1) is 9.15. The van der Waals surface area contributed by atoms with Crippen LogP contribution in [-0.2, 0) is 9.59 Å². The van der Waals surface area contributed by atoms with Crippen molar-refractivity contribution < 1.29 is 14.3 Å². The van der Waals surface area contributed by atoms with E-state index >= 15 is 0 Å². The van der Waals surface area contributed by atoms with E-state index in [9.17, 15) is 9.59 Å². The molecule has 0 radical (unpaired) electrons. The molecule has 0 atom stereocenters. The third-order valence-corrected chi connectivity index (χ3v) is 3.16. The van der Waals surface area contributed by atoms with E-state index in [1.54, 1.807) is 6.07 Å². The van der Waals surface area contributed by atoms with Gasteiger partial charge in [-0.2, -0.15) is 0 Å². The summed E-state index contributed by atoms with van der Waals surface area (Å²) in [6.45, 7) is 1.83. The van der Waals surface area contributed by atoms with E-state index in [4.69, 9.17) is 4.74 Å². The first-order valence-electron chi connectivity index (χ1n) is 6.43.